The zero-order valence-electron chi connectivity index (χ0n) is 11.4. The molecule has 118 valence electrons. The van der Waals surface area contributed by atoms with E-state index in [-0.39, 0.29) is 19.1 Å². The molecule has 1 aromatic rings. The molecule has 0 aliphatic carbocycles. The number of hydrogen-bond donors (Lipinski definition) is 3. The van der Waals surface area contributed by atoms with Gasteiger partial charge in [-0.15, -0.1) is 0 Å². The van der Waals surface area contributed by atoms with Gasteiger partial charge >= 0.3 is 6.03 Å². The minimum Gasteiger partial charge on any atom is -0.338 e. The standard InChI is InChI=1S/C12H17Cl2N3O3S/c1-21(19,20)17-7-6-16-12(18)15-5-4-9-2-3-10(13)8-11(9)14/h2-3,8,17H,4-7H2,1H3,(H2,15,16,18). The summed E-state index contributed by atoms with van der Waals surface area (Å²) in [5.74, 6) is 0. The predicted molar refractivity (Wildman–Crippen MR) is 84.4 cm³/mol. The average molecular weight is 354 g/mol. The highest BCUT2D eigenvalue weighted by atomic mass is 35.5. The molecule has 0 aliphatic heterocycles. The topological polar surface area (TPSA) is 87.3 Å². The molecule has 2 amide bonds. The lowest BCUT2D eigenvalue weighted by atomic mass is 10.1. The molecular weight excluding hydrogens is 337 g/mol. The molecule has 1 rings (SSSR count). The summed E-state index contributed by atoms with van der Waals surface area (Å²) in [7, 11) is -3.23. The van der Waals surface area contributed by atoms with Gasteiger partial charge in [-0.25, -0.2) is 17.9 Å². The molecular formula is C12H17Cl2N3O3S. The maximum Gasteiger partial charge on any atom is 0.314 e. The molecule has 0 atom stereocenters. The summed E-state index contributed by atoms with van der Waals surface area (Å²) in [6, 6.07) is 4.82. The Hall–Kier alpha value is -1.02. The molecule has 3 N–H and O–H groups in total. The van der Waals surface area contributed by atoms with E-state index in [0.29, 0.717) is 23.0 Å². The first-order valence-corrected chi connectivity index (χ1v) is 8.83. The maximum atomic E-state index is 11.4. The number of sulfonamides is 1. The lowest BCUT2D eigenvalue weighted by Crippen LogP contribution is -2.40. The third kappa shape index (κ3) is 8.11. The summed E-state index contributed by atoms with van der Waals surface area (Å²) >= 11 is 11.8. The molecule has 0 radical (unpaired) electrons. The number of nitrogens with one attached hydrogen (secondary N) is 3. The van der Waals surface area contributed by atoms with Gasteiger partial charge in [0.1, 0.15) is 0 Å². The van der Waals surface area contributed by atoms with Crippen LogP contribution in [0.25, 0.3) is 0 Å². The first-order chi connectivity index (χ1) is 9.78. The normalized spacial score (nSPS) is 11.2. The van der Waals surface area contributed by atoms with E-state index in [9.17, 15) is 13.2 Å². The van der Waals surface area contributed by atoms with Crippen molar-refractivity contribution < 1.29 is 13.2 Å². The number of benzene rings is 1. The first kappa shape index (κ1) is 18.0. The smallest absolute Gasteiger partial charge is 0.314 e. The second-order valence-corrected chi connectivity index (χ2v) is 7.01. The van der Waals surface area contributed by atoms with E-state index in [1.165, 1.54) is 0 Å². The van der Waals surface area contributed by atoms with Crippen LogP contribution in [-0.2, 0) is 16.4 Å². The van der Waals surface area contributed by atoms with E-state index < -0.39 is 10.0 Å². The zero-order valence-corrected chi connectivity index (χ0v) is 13.8. The van der Waals surface area contributed by atoms with Gasteiger partial charge in [0.2, 0.25) is 10.0 Å². The van der Waals surface area contributed by atoms with Gasteiger partial charge in [-0.3, -0.25) is 0 Å². The molecule has 0 aromatic heterocycles. The van der Waals surface area contributed by atoms with Crippen LogP contribution >= 0.6 is 23.2 Å². The highest BCUT2D eigenvalue weighted by Crippen LogP contribution is 2.20. The van der Waals surface area contributed by atoms with E-state index in [1.807, 2.05) is 0 Å². The summed E-state index contributed by atoms with van der Waals surface area (Å²) in [5, 5.41) is 6.31. The fourth-order valence-electron chi connectivity index (χ4n) is 1.51. The number of hydrogen-bond acceptors (Lipinski definition) is 3. The molecule has 21 heavy (non-hydrogen) atoms. The van der Waals surface area contributed by atoms with Crippen molar-refractivity contribution >= 4 is 39.3 Å². The molecule has 0 spiro atoms. The fraction of sp³-hybridized carbons (Fsp3) is 0.417. The molecule has 0 unspecified atom stereocenters. The van der Waals surface area contributed by atoms with Gasteiger partial charge < -0.3 is 10.6 Å². The summed E-state index contributed by atoms with van der Waals surface area (Å²) in [4.78, 5) is 11.4. The van der Waals surface area contributed by atoms with Crippen LogP contribution in [0.4, 0.5) is 4.79 Å². The van der Waals surface area contributed by atoms with Crippen LogP contribution in [0.1, 0.15) is 5.56 Å². The lowest BCUT2D eigenvalue weighted by Gasteiger charge is -2.09. The number of amides is 2. The number of halogens is 2. The zero-order chi connectivity index (χ0) is 15.9. The van der Waals surface area contributed by atoms with Gasteiger partial charge in [0.25, 0.3) is 0 Å². The lowest BCUT2D eigenvalue weighted by molar-refractivity contribution is 0.241. The number of urea groups is 1. The Bertz CT molecular complexity index is 593. The molecule has 9 heteroatoms. The molecule has 0 heterocycles. The Labute approximate surface area is 134 Å². The molecule has 0 bridgehead atoms. The Balaban J connectivity index is 2.21. The summed E-state index contributed by atoms with van der Waals surface area (Å²) in [6.07, 6.45) is 1.63. The molecule has 0 aliphatic rings. The van der Waals surface area contributed by atoms with Crippen molar-refractivity contribution in [2.24, 2.45) is 0 Å². The van der Waals surface area contributed by atoms with Gasteiger partial charge in [0.05, 0.1) is 6.26 Å². The monoisotopic (exact) mass is 353 g/mol. The highest BCUT2D eigenvalue weighted by molar-refractivity contribution is 7.88. The van der Waals surface area contributed by atoms with Gasteiger partial charge in [-0.05, 0) is 24.1 Å². The van der Waals surface area contributed by atoms with Crippen molar-refractivity contribution in [3.8, 4) is 0 Å². The van der Waals surface area contributed by atoms with Crippen LogP contribution < -0.4 is 15.4 Å². The fourth-order valence-corrected chi connectivity index (χ4v) is 2.49. The van der Waals surface area contributed by atoms with Crippen LogP contribution in [0.5, 0.6) is 0 Å². The minimum atomic E-state index is -3.23. The van der Waals surface area contributed by atoms with Gasteiger partial charge in [0.15, 0.2) is 0 Å². The van der Waals surface area contributed by atoms with E-state index in [4.69, 9.17) is 23.2 Å². The Kier molecular flexibility index (Phi) is 7.24. The molecule has 1 aromatic carbocycles. The SMILES string of the molecule is CS(=O)(=O)NCCNC(=O)NCCc1ccc(Cl)cc1Cl. The largest absolute Gasteiger partial charge is 0.338 e. The van der Waals surface area contributed by atoms with E-state index >= 15 is 0 Å². The molecule has 0 saturated carbocycles. The minimum absolute atomic E-state index is 0.148. The second kappa shape index (κ2) is 8.43. The van der Waals surface area contributed by atoms with E-state index in [2.05, 4.69) is 15.4 Å². The third-order valence-electron chi connectivity index (χ3n) is 2.47. The van der Waals surface area contributed by atoms with Gasteiger partial charge in [0, 0.05) is 29.7 Å². The molecule has 6 nitrogen and oxygen atoms in total. The van der Waals surface area contributed by atoms with Crippen LogP contribution in [0.2, 0.25) is 10.0 Å². The van der Waals surface area contributed by atoms with E-state index in [0.717, 1.165) is 11.8 Å². The third-order valence-corrected chi connectivity index (χ3v) is 3.79. The predicted octanol–water partition coefficient (Wildman–Crippen LogP) is 1.38. The Morgan fingerprint density at radius 3 is 2.43 bits per heavy atom. The summed E-state index contributed by atoms with van der Waals surface area (Å²) in [5.41, 5.74) is 0.889. The highest BCUT2D eigenvalue weighted by Gasteiger charge is 2.04. The quantitative estimate of drug-likeness (QED) is 0.647. The summed E-state index contributed by atoms with van der Waals surface area (Å²) in [6.45, 7) is 0.766. The van der Waals surface area contributed by atoms with Crippen molar-refractivity contribution in [3.05, 3.63) is 33.8 Å². The Morgan fingerprint density at radius 1 is 1.14 bits per heavy atom. The van der Waals surface area contributed by atoms with Crippen molar-refractivity contribution in [1.29, 1.82) is 0 Å². The second-order valence-electron chi connectivity index (χ2n) is 4.33. The summed E-state index contributed by atoms with van der Waals surface area (Å²) < 4.78 is 23.9. The average Bonchev–Trinajstić information content (AvgIpc) is 2.36. The number of carbonyl (C=O) groups is 1. The van der Waals surface area contributed by atoms with Gasteiger partial charge in [-0.2, -0.15) is 0 Å². The molecule has 0 fully saturated rings. The maximum absolute atomic E-state index is 11.4. The van der Waals surface area contributed by atoms with Crippen LogP contribution in [0.15, 0.2) is 18.2 Å². The first-order valence-electron chi connectivity index (χ1n) is 6.18. The van der Waals surface area contributed by atoms with E-state index in [1.54, 1.807) is 18.2 Å². The van der Waals surface area contributed by atoms with Crippen molar-refractivity contribution in [2.75, 3.05) is 25.9 Å². The van der Waals surface area contributed by atoms with Crippen molar-refractivity contribution in [3.63, 3.8) is 0 Å². The van der Waals surface area contributed by atoms with Crippen LogP contribution in [0, 0.1) is 0 Å². The number of rotatable bonds is 7. The van der Waals surface area contributed by atoms with Crippen LogP contribution in [0.3, 0.4) is 0 Å². The molecule has 0 saturated heterocycles. The van der Waals surface area contributed by atoms with Crippen molar-refractivity contribution in [2.45, 2.75) is 6.42 Å². The van der Waals surface area contributed by atoms with Crippen LogP contribution in [-0.4, -0.2) is 40.3 Å². The van der Waals surface area contributed by atoms with Gasteiger partial charge in [-0.1, -0.05) is 29.3 Å². The number of carbonyl (C=O) groups excluding carboxylic acids is 1. The Morgan fingerprint density at radius 2 is 1.81 bits per heavy atom. The van der Waals surface area contributed by atoms with Crippen molar-refractivity contribution in [1.82, 2.24) is 15.4 Å².